The predicted octanol–water partition coefficient (Wildman–Crippen LogP) is 1.50. The van der Waals surface area contributed by atoms with E-state index in [2.05, 4.69) is 37.7 Å². The number of hydrogen-bond acceptors (Lipinski definition) is 3. The van der Waals surface area contributed by atoms with Gasteiger partial charge in [-0.15, -0.1) is 0 Å². The Morgan fingerprint density at radius 2 is 2.25 bits per heavy atom. The molecule has 0 aromatic carbocycles. The highest BCUT2D eigenvalue weighted by molar-refractivity contribution is 9.10. The molecule has 0 aliphatic carbocycles. The van der Waals surface area contributed by atoms with Crippen molar-refractivity contribution >= 4 is 15.9 Å². The molecule has 0 aliphatic heterocycles. The maximum atomic E-state index is 8.19. The third kappa shape index (κ3) is 2.69. The summed E-state index contributed by atoms with van der Waals surface area (Å²) in [5.74, 6) is 5.35. The summed E-state index contributed by atoms with van der Waals surface area (Å²) >= 11 is 3.15. The van der Waals surface area contributed by atoms with Crippen LogP contribution in [-0.4, -0.2) is 9.97 Å². The first kappa shape index (κ1) is 8.70. The van der Waals surface area contributed by atoms with Crippen molar-refractivity contribution in [3.8, 4) is 17.9 Å². The van der Waals surface area contributed by atoms with Gasteiger partial charge in [-0.25, -0.2) is 9.97 Å². The first-order chi connectivity index (χ1) is 5.83. The van der Waals surface area contributed by atoms with E-state index >= 15 is 0 Å². The summed E-state index contributed by atoms with van der Waals surface area (Å²) in [6, 6.07) is 1.92. The number of nitrogens with zero attached hydrogens (tertiary/aromatic N) is 3. The second-order valence-electron chi connectivity index (χ2n) is 1.86. The van der Waals surface area contributed by atoms with E-state index in [0.29, 0.717) is 10.3 Å². The Morgan fingerprint density at radius 1 is 1.42 bits per heavy atom. The molecular weight excluding hydrogens is 218 g/mol. The van der Waals surface area contributed by atoms with Crippen molar-refractivity contribution in [1.29, 1.82) is 5.26 Å². The predicted molar refractivity (Wildman–Crippen MR) is 46.8 cm³/mol. The summed E-state index contributed by atoms with van der Waals surface area (Å²) in [7, 11) is 0. The molecule has 1 heterocycles. The number of halogens is 1. The summed E-state index contributed by atoms with van der Waals surface area (Å²) in [5.41, 5.74) is 0.577. The Kier molecular flexibility index (Phi) is 3.25. The minimum Gasteiger partial charge on any atom is -0.245 e. The summed E-state index contributed by atoms with van der Waals surface area (Å²) in [6.45, 7) is 0. The van der Waals surface area contributed by atoms with Crippen molar-refractivity contribution in [1.82, 2.24) is 9.97 Å². The van der Waals surface area contributed by atoms with Gasteiger partial charge in [-0.05, 0) is 21.9 Å². The average molecular weight is 222 g/mol. The van der Waals surface area contributed by atoms with Crippen LogP contribution in [0, 0.1) is 23.2 Å². The van der Waals surface area contributed by atoms with Gasteiger partial charge in [0.05, 0.1) is 24.9 Å². The first-order valence-electron chi connectivity index (χ1n) is 3.16. The Balaban J connectivity index is 2.74. The molecule has 1 aromatic heterocycles. The van der Waals surface area contributed by atoms with Crippen LogP contribution in [0.3, 0.4) is 0 Å². The van der Waals surface area contributed by atoms with Gasteiger partial charge in [-0.1, -0.05) is 5.92 Å². The van der Waals surface area contributed by atoms with Crippen molar-refractivity contribution in [3.63, 3.8) is 0 Å². The molecule has 58 valence electrons. The topological polar surface area (TPSA) is 49.6 Å². The minimum atomic E-state index is 0.220. The largest absolute Gasteiger partial charge is 0.245 e. The Morgan fingerprint density at radius 3 is 2.83 bits per heavy atom. The van der Waals surface area contributed by atoms with E-state index in [1.165, 1.54) is 0 Å². The third-order valence-corrected chi connectivity index (χ3v) is 1.41. The van der Waals surface area contributed by atoms with Crippen LogP contribution in [0.15, 0.2) is 17.0 Å². The highest BCUT2D eigenvalue weighted by Crippen LogP contribution is 2.01. The molecule has 0 amide bonds. The molecular formula is C8H4BrN3. The number of nitriles is 1. The van der Waals surface area contributed by atoms with Gasteiger partial charge in [0.2, 0.25) is 0 Å². The molecule has 1 aromatic rings. The average Bonchev–Trinajstić information content (AvgIpc) is 2.09. The van der Waals surface area contributed by atoms with Crippen LogP contribution < -0.4 is 0 Å². The fourth-order valence-electron chi connectivity index (χ4n) is 0.551. The lowest BCUT2D eigenvalue weighted by Gasteiger charge is -1.87. The summed E-state index contributed by atoms with van der Waals surface area (Å²) < 4.78 is 0.674. The number of hydrogen-bond donors (Lipinski definition) is 0. The van der Waals surface area contributed by atoms with Crippen LogP contribution in [0.2, 0.25) is 0 Å². The van der Waals surface area contributed by atoms with Crippen molar-refractivity contribution in [3.05, 3.63) is 22.7 Å². The molecule has 0 aliphatic rings. The lowest BCUT2D eigenvalue weighted by atomic mass is 10.4. The molecule has 0 unspecified atom stereocenters. The molecule has 0 saturated carbocycles. The smallest absolute Gasteiger partial charge is 0.131 e. The van der Waals surface area contributed by atoms with Gasteiger partial charge in [-0.3, -0.25) is 0 Å². The van der Waals surface area contributed by atoms with Gasteiger partial charge >= 0.3 is 0 Å². The first-order valence-corrected chi connectivity index (χ1v) is 3.95. The molecule has 4 heteroatoms. The molecule has 0 N–H and O–H groups in total. The summed E-state index contributed by atoms with van der Waals surface area (Å²) in [5, 5.41) is 8.19. The zero-order chi connectivity index (χ0) is 8.81. The molecule has 0 atom stereocenters. The van der Waals surface area contributed by atoms with E-state index in [9.17, 15) is 0 Å². The molecule has 0 spiro atoms. The van der Waals surface area contributed by atoms with E-state index in [-0.39, 0.29) is 6.42 Å². The van der Waals surface area contributed by atoms with Crippen LogP contribution >= 0.6 is 15.9 Å². The van der Waals surface area contributed by atoms with E-state index in [4.69, 9.17) is 5.26 Å². The van der Waals surface area contributed by atoms with Gasteiger partial charge < -0.3 is 0 Å². The highest BCUT2D eigenvalue weighted by Gasteiger charge is 1.88. The molecule has 0 fully saturated rings. The van der Waals surface area contributed by atoms with Crippen molar-refractivity contribution in [2.45, 2.75) is 6.42 Å². The maximum absolute atomic E-state index is 8.19. The lowest BCUT2D eigenvalue weighted by molar-refractivity contribution is 1.14. The number of aromatic nitrogens is 2. The zero-order valence-electron chi connectivity index (χ0n) is 6.08. The van der Waals surface area contributed by atoms with E-state index in [1.807, 2.05) is 6.07 Å². The van der Waals surface area contributed by atoms with Crippen LogP contribution in [-0.2, 0) is 0 Å². The normalized spacial score (nSPS) is 8.00. The fourth-order valence-corrected chi connectivity index (χ4v) is 0.756. The van der Waals surface area contributed by atoms with Gasteiger partial charge in [0.25, 0.3) is 0 Å². The van der Waals surface area contributed by atoms with Gasteiger partial charge in [0, 0.05) is 0 Å². The standard InChI is InChI=1S/C8H4BrN3/c9-8-6-11-7(5-12-8)3-1-2-4-10/h5-6H,2H2. The van der Waals surface area contributed by atoms with Crippen molar-refractivity contribution in [2.24, 2.45) is 0 Å². The van der Waals surface area contributed by atoms with Crippen molar-refractivity contribution < 1.29 is 0 Å². The van der Waals surface area contributed by atoms with Gasteiger partial charge in [0.15, 0.2) is 0 Å². The van der Waals surface area contributed by atoms with Gasteiger partial charge in [-0.2, -0.15) is 5.26 Å². The Labute approximate surface area is 78.6 Å². The van der Waals surface area contributed by atoms with Crippen LogP contribution in [0.5, 0.6) is 0 Å². The van der Waals surface area contributed by atoms with Crippen LogP contribution in [0.4, 0.5) is 0 Å². The molecule has 1 rings (SSSR count). The molecule has 0 radical (unpaired) electrons. The Hall–Kier alpha value is -1.39. The van der Waals surface area contributed by atoms with Crippen LogP contribution in [0.1, 0.15) is 12.1 Å². The second-order valence-corrected chi connectivity index (χ2v) is 2.67. The van der Waals surface area contributed by atoms with Gasteiger partial charge in [0.1, 0.15) is 10.3 Å². The molecule has 12 heavy (non-hydrogen) atoms. The SMILES string of the molecule is N#CCC#Cc1cnc(Br)cn1. The highest BCUT2D eigenvalue weighted by atomic mass is 79.9. The minimum absolute atomic E-state index is 0.220. The number of rotatable bonds is 0. The monoisotopic (exact) mass is 221 g/mol. The Bertz CT molecular complexity index is 353. The summed E-state index contributed by atoms with van der Waals surface area (Å²) in [6.07, 6.45) is 3.34. The molecule has 0 bridgehead atoms. The van der Waals surface area contributed by atoms with E-state index in [1.54, 1.807) is 12.4 Å². The zero-order valence-corrected chi connectivity index (χ0v) is 7.67. The quantitative estimate of drug-likeness (QED) is 0.625. The fraction of sp³-hybridized carbons (Fsp3) is 0.125. The third-order valence-electron chi connectivity index (χ3n) is 1.00. The summed E-state index contributed by atoms with van der Waals surface area (Å²) in [4.78, 5) is 7.88. The van der Waals surface area contributed by atoms with Crippen LogP contribution in [0.25, 0.3) is 0 Å². The van der Waals surface area contributed by atoms with E-state index in [0.717, 1.165) is 0 Å². The lowest BCUT2D eigenvalue weighted by Crippen LogP contribution is -1.83. The molecule has 0 saturated heterocycles. The molecule has 3 nitrogen and oxygen atoms in total. The maximum Gasteiger partial charge on any atom is 0.131 e. The second kappa shape index (κ2) is 4.48. The van der Waals surface area contributed by atoms with E-state index < -0.39 is 0 Å². The van der Waals surface area contributed by atoms with Crippen molar-refractivity contribution in [2.75, 3.05) is 0 Å².